The van der Waals surface area contributed by atoms with Crippen LogP contribution < -0.4 is 5.73 Å². The molecule has 0 radical (unpaired) electrons. The van der Waals surface area contributed by atoms with Crippen molar-refractivity contribution in [3.63, 3.8) is 0 Å². The number of carbonyl (C=O) groups excluding carboxylic acids is 1. The van der Waals surface area contributed by atoms with Gasteiger partial charge in [-0.25, -0.2) is 31.8 Å². The van der Waals surface area contributed by atoms with Gasteiger partial charge in [-0.15, -0.1) is 5.10 Å². The van der Waals surface area contributed by atoms with Crippen LogP contribution in [0.4, 0.5) is 22.0 Å². The zero-order valence-electron chi connectivity index (χ0n) is 21.0. The zero-order chi connectivity index (χ0) is 29.7. The number of benzene rings is 1. The van der Waals surface area contributed by atoms with Crippen molar-refractivity contribution in [2.45, 2.75) is 35.7 Å². The average molecular weight is 606 g/mol. The molecule has 0 amide bonds. The van der Waals surface area contributed by atoms with Crippen LogP contribution in [0.2, 0.25) is 5.02 Å². The fourth-order valence-corrected chi connectivity index (χ4v) is 6.74. The summed E-state index contributed by atoms with van der Waals surface area (Å²) in [6, 6.07) is 6.24. The summed E-state index contributed by atoms with van der Waals surface area (Å²) in [4.78, 5) is 20.0. The molecule has 0 fully saturated rings. The number of rotatable bonds is 5. The van der Waals surface area contributed by atoms with Gasteiger partial charge in [0, 0.05) is 24.4 Å². The van der Waals surface area contributed by atoms with Crippen LogP contribution in [-0.2, 0) is 24.8 Å². The van der Waals surface area contributed by atoms with Gasteiger partial charge >= 0.3 is 12.1 Å². The maximum Gasteiger partial charge on any atom is 0.490 e. The van der Waals surface area contributed by atoms with Crippen LogP contribution in [0, 0.1) is 5.82 Å². The van der Waals surface area contributed by atoms with Gasteiger partial charge in [0.15, 0.2) is 11.4 Å². The van der Waals surface area contributed by atoms with Crippen molar-refractivity contribution in [1.29, 1.82) is 0 Å². The van der Waals surface area contributed by atoms with Crippen molar-refractivity contribution in [3.8, 4) is 17.1 Å². The highest BCUT2D eigenvalue weighted by Gasteiger charge is 2.61. The molecule has 1 aliphatic rings. The second kappa shape index (κ2) is 10.1. The highest BCUT2D eigenvalue weighted by atomic mass is 35.5. The van der Waals surface area contributed by atoms with E-state index in [1.165, 1.54) is 37.0 Å². The van der Waals surface area contributed by atoms with Gasteiger partial charge < -0.3 is 10.5 Å². The molecule has 3 heterocycles. The largest absolute Gasteiger partial charge is 0.490 e. The van der Waals surface area contributed by atoms with E-state index in [4.69, 9.17) is 17.3 Å². The quantitative estimate of drug-likeness (QED) is 0.343. The molecule has 17 heteroatoms. The first-order chi connectivity index (χ1) is 18.6. The summed E-state index contributed by atoms with van der Waals surface area (Å²) in [5.41, 5.74) is 0.239. The second-order valence-corrected chi connectivity index (χ2v) is 12.5. The molecule has 40 heavy (non-hydrogen) atoms. The Kier molecular flexibility index (Phi) is 7.38. The molecule has 2 N–H and O–H groups in total. The topological polar surface area (TPSA) is 138 Å². The Hall–Kier alpha value is -3.66. The Balaban J connectivity index is 1.93. The number of esters is 1. The van der Waals surface area contributed by atoms with Crippen LogP contribution in [0.3, 0.4) is 0 Å². The Morgan fingerprint density at radius 2 is 1.98 bits per heavy atom. The lowest BCUT2D eigenvalue weighted by Crippen LogP contribution is -2.63. The number of halogens is 6. The van der Waals surface area contributed by atoms with Crippen molar-refractivity contribution < 1.29 is 35.7 Å². The Morgan fingerprint density at radius 3 is 2.55 bits per heavy atom. The van der Waals surface area contributed by atoms with Gasteiger partial charge in [-0.2, -0.15) is 13.2 Å². The minimum Gasteiger partial charge on any atom is -0.438 e. The number of hydrogen-bond donors (Lipinski definition) is 1. The third kappa shape index (κ3) is 4.68. The summed E-state index contributed by atoms with van der Waals surface area (Å²) >= 11 is 5.85. The van der Waals surface area contributed by atoms with Crippen LogP contribution in [0.25, 0.3) is 17.1 Å². The molecule has 0 saturated heterocycles. The highest BCUT2D eigenvalue weighted by molar-refractivity contribution is 7.96. The molecule has 214 valence electrons. The van der Waals surface area contributed by atoms with E-state index in [1.54, 1.807) is 12.1 Å². The SMILES string of the molecule is CN=[S@]1(=O)C(OC(=O)C(F)(F)F)[C@@](CF)(c2cc(-c3cn(-c4ccc(Cl)cn4)nn3)ccc2F)N=C(N)C1(C)C. The van der Waals surface area contributed by atoms with Crippen LogP contribution in [0.1, 0.15) is 19.4 Å². The van der Waals surface area contributed by atoms with Crippen LogP contribution >= 0.6 is 11.6 Å². The van der Waals surface area contributed by atoms with E-state index < -0.39 is 61.5 Å². The number of hydrogen-bond acceptors (Lipinski definition) is 9. The van der Waals surface area contributed by atoms with Crippen LogP contribution in [-0.4, -0.2) is 66.1 Å². The van der Waals surface area contributed by atoms with Gasteiger partial charge in [0.25, 0.3) is 0 Å². The zero-order valence-corrected chi connectivity index (χ0v) is 22.6. The predicted octanol–water partition coefficient (Wildman–Crippen LogP) is 3.97. The summed E-state index contributed by atoms with van der Waals surface area (Å²) in [7, 11) is -3.20. The van der Waals surface area contributed by atoms with Crippen molar-refractivity contribution >= 4 is 33.1 Å². The first-order valence-electron chi connectivity index (χ1n) is 11.3. The molecule has 1 unspecified atom stereocenters. The average Bonchev–Trinajstić information content (AvgIpc) is 3.39. The summed E-state index contributed by atoms with van der Waals surface area (Å²) < 4.78 is 92.2. The van der Waals surface area contributed by atoms with Gasteiger partial charge in [-0.1, -0.05) is 16.8 Å². The van der Waals surface area contributed by atoms with Crippen LogP contribution in [0.5, 0.6) is 0 Å². The molecule has 3 aromatic rings. The second-order valence-electron chi connectivity index (χ2n) is 9.13. The maximum atomic E-state index is 15.4. The Labute approximate surface area is 229 Å². The van der Waals surface area contributed by atoms with Crippen LogP contribution in [0.15, 0.2) is 52.1 Å². The minimum absolute atomic E-state index is 0.115. The lowest BCUT2D eigenvalue weighted by atomic mass is 9.89. The van der Waals surface area contributed by atoms with E-state index in [0.29, 0.717) is 10.8 Å². The third-order valence-electron chi connectivity index (χ3n) is 6.44. The van der Waals surface area contributed by atoms with Crippen molar-refractivity contribution in [2.24, 2.45) is 15.1 Å². The monoisotopic (exact) mass is 605 g/mol. The van der Waals surface area contributed by atoms with E-state index >= 15 is 8.78 Å². The smallest absolute Gasteiger partial charge is 0.438 e. The third-order valence-corrected chi connectivity index (χ3v) is 9.94. The lowest BCUT2D eigenvalue weighted by molar-refractivity contribution is -0.204. The maximum absolute atomic E-state index is 15.4. The molecular formula is C23H21ClF5N7O3S. The van der Waals surface area contributed by atoms with E-state index in [9.17, 15) is 22.2 Å². The Morgan fingerprint density at radius 1 is 1.27 bits per heavy atom. The van der Waals surface area contributed by atoms with Gasteiger partial charge in [0.1, 0.15) is 38.5 Å². The number of pyridine rings is 1. The number of aliphatic imine (C=N–C) groups is 1. The van der Waals surface area contributed by atoms with Crippen molar-refractivity contribution in [2.75, 3.05) is 13.7 Å². The Bertz CT molecular complexity index is 1620. The van der Waals surface area contributed by atoms with Crippen molar-refractivity contribution in [1.82, 2.24) is 20.0 Å². The first kappa shape index (κ1) is 29.3. The molecule has 3 atom stereocenters. The van der Waals surface area contributed by atoms with Gasteiger partial charge in [-0.3, -0.25) is 4.99 Å². The number of amidine groups is 1. The molecule has 1 aromatic carbocycles. The summed E-state index contributed by atoms with van der Waals surface area (Å²) in [5.74, 6) is -4.12. The van der Waals surface area contributed by atoms with E-state index in [-0.39, 0.29) is 11.3 Å². The highest BCUT2D eigenvalue weighted by Crippen LogP contribution is 2.46. The van der Waals surface area contributed by atoms with Gasteiger partial charge in [-0.05, 0) is 44.2 Å². The molecular weight excluding hydrogens is 585 g/mol. The minimum atomic E-state index is -5.55. The van der Waals surface area contributed by atoms with Gasteiger partial charge in [0.05, 0.1) is 11.2 Å². The standard InChI is InChI=1S/C23H21ClF5N7O3S/c1-21(2)18(30)33-22(11-25,20(40(21,38)31-3)39-19(37)23(27,28)29)14-8-12(4-6-15(14)26)16-10-36(35-34-16)17-7-5-13(24)9-32-17/h4-10,20H,11H2,1-3H3,(H2,30,33)/t20?,22-,40+/m1/s1. The van der Waals surface area contributed by atoms with E-state index in [0.717, 1.165) is 19.2 Å². The molecule has 10 nitrogen and oxygen atoms in total. The fraction of sp³-hybridized carbons (Fsp3) is 0.348. The normalized spacial score (nSPS) is 24.3. The number of aromatic nitrogens is 4. The fourth-order valence-electron chi connectivity index (χ4n) is 4.11. The molecule has 0 spiro atoms. The number of nitrogens with zero attached hydrogens (tertiary/aromatic N) is 6. The predicted molar refractivity (Wildman–Crippen MR) is 135 cm³/mol. The number of alkyl halides is 4. The molecule has 0 aliphatic carbocycles. The molecule has 1 aliphatic heterocycles. The molecule has 0 bridgehead atoms. The molecule has 4 rings (SSSR count). The van der Waals surface area contributed by atoms with E-state index in [2.05, 4.69) is 29.4 Å². The summed E-state index contributed by atoms with van der Waals surface area (Å²) in [6.07, 6.45) is -2.80. The number of carbonyl (C=O) groups is 1. The van der Waals surface area contributed by atoms with Crippen molar-refractivity contribution in [3.05, 3.63) is 59.1 Å². The molecule has 0 saturated carbocycles. The van der Waals surface area contributed by atoms with Gasteiger partial charge in [0.2, 0.25) is 5.44 Å². The summed E-state index contributed by atoms with van der Waals surface area (Å²) in [6.45, 7) is 0.703. The first-order valence-corrected chi connectivity index (χ1v) is 13.2. The van der Waals surface area contributed by atoms with E-state index in [1.807, 2.05) is 0 Å². The lowest BCUT2D eigenvalue weighted by Gasteiger charge is -2.46. The molecule has 2 aromatic heterocycles. The number of nitrogens with two attached hydrogens (primary N) is 1. The summed E-state index contributed by atoms with van der Waals surface area (Å²) in [5, 5.41) is 8.29. The number of ether oxygens (including phenoxy) is 1.